The Balaban J connectivity index is 0.00000132. The molecule has 31 heavy (non-hydrogen) atoms. The predicted molar refractivity (Wildman–Crippen MR) is 135 cm³/mol. The summed E-state index contributed by atoms with van der Waals surface area (Å²) in [6, 6.07) is 24.0. The van der Waals surface area contributed by atoms with Gasteiger partial charge < -0.3 is 14.6 Å². The minimum absolute atomic E-state index is 0.479. The van der Waals surface area contributed by atoms with Crippen molar-refractivity contribution in [1.29, 1.82) is 0 Å². The lowest BCUT2D eigenvalue weighted by Gasteiger charge is -2.10. The molecule has 0 unspecified atom stereocenters. The molecule has 0 aliphatic rings. The molecule has 1 heterocycles. The summed E-state index contributed by atoms with van der Waals surface area (Å²) in [6.45, 7) is 10.1. The molecule has 3 nitrogen and oxygen atoms in total. The van der Waals surface area contributed by atoms with Gasteiger partial charge in [-0.3, -0.25) is 0 Å². The average Bonchev–Trinajstić information content (AvgIpc) is 3.14. The third kappa shape index (κ3) is 4.41. The zero-order chi connectivity index (χ0) is 22.4. The Labute approximate surface area is 184 Å². The van der Waals surface area contributed by atoms with E-state index in [0.717, 1.165) is 39.0 Å². The van der Waals surface area contributed by atoms with Crippen molar-refractivity contribution in [2.24, 2.45) is 0 Å². The first kappa shape index (κ1) is 22.4. The van der Waals surface area contributed by atoms with E-state index in [4.69, 9.17) is 0 Å². The van der Waals surface area contributed by atoms with Crippen molar-refractivity contribution in [2.75, 3.05) is 0 Å². The third-order valence-corrected chi connectivity index (χ3v) is 5.13. The molecule has 1 aromatic heterocycles. The Kier molecular flexibility index (Phi) is 7.30. The van der Waals surface area contributed by atoms with Crippen molar-refractivity contribution in [3.05, 3.63) is 96.7 Å². The van der Waals surface area contributed by atoms with E-state index >= 15 is 0 Å². The second-order valence-corrected chi connectivity index (χ2v) is 6.90. The fourth-order valence-electron chi connectivity index (χ4n) is 3.76. The molecule has 0 bridgehead atoms. The molecule has 3 aromatic carbocycles. The van der Waals surface area contributed by atoms with Gasteiger partial charge in [0.05, 0.1) is 11.2 Å². The third-order valence-electron chi connectivity index (χ3n) is 5.13. The van der Waals surface area contributed by atoms with Gasteiger partial charge >= 0.3 is 7.12 Å². The Morgan fingerprint density at radius 3 is 2.10 bits per heavy atom. The first-order valence-electron chi connectivity index (χ1n) is 10.6. The number of nitrogens with zero attached hydrogens (tertiary/aromatic N) is 1. The lowest BCUT2D eigenvalue weighted by Crippen LogP contribution is -2.29. The molecule has 2 N–H and O–H groups in total. The van der Waals surface area contributed by atoms with Crippen LogP contribution in [0.5, 0.6) is 0 Å². The van der Waals surface area contributed by atoms with E-state index in [1.165, 1.54) is 0 Å². The number of allylic oxidation sites excluding steroid dienone is 1. The van der Waals surface area contributed by atoms with Crippen LogP contribution in [0.25, 0.3) is 39.9 Å². The smallest absolute Gasteiger partial charge is 0.423 e. The Bertz CT molecular complexity index is 1190. The highest BCUT2D eigenvalue weighted by molar-refractivity contribution is 6.58. The topological polar surface area (TPSA) is 45.4 Å². The number of fused-ring (bicyclic) bond motifs is 1. The number of benzene rings is 3. The monoisotopic (exact) mass is 409 g/mol. The number of para-hydroxylation sites is 1. The van der Waals surface area contributed by atoms with Crippen LogP contribution in [0.15, 0.2) is 85.5 Å². The summed E-state index contributed by atoms with van der Waals surface area (Å²) >= 11 is 0. The van der Waals surface area contributed by atoms with Gasteiger partial charge in [-0.25, -0.2) is 0 Å². The van der Waals surface area contributed by atoms with Gasteiger partial charge in [-0.15, -0.1) is 0 Å². The van der Waals surface area contributed by atoms with Crippen molar-refractivity contribution in [2.45, 2.75) is 20.8 Å². The zero-order valence-corrected chi connectivity index (χ0v) is 18.3. The molecule has 0 amide bonds. The van der Waals surface area contributed by atoms with Crippen LogP contribution < -0.4 is 5.46 Å². The van der Waals surface area contributed by atoms with Crippen LogP contribution >= 0.6 is 0 Å². The van der Waals surface area contributed by atoms with Gasteiger partial charge in [0.2, 0.25) is 0 Å². The second kappa shape index (κ2) is 10.1. The SMILES string of the molecule is C=Cc1c(/C=C\C)c2ccc(-c3ccc(B(O)O)cc3)cc2n1-c1ccccc1.CC. The summed E-state index contributed by atoms with van der Waals surface area (Å²) < 4.78 is 2.23. The number of hydrogen-bond acceptors (Lipinski definition) is 2. The lowest BCUT2D eigenvalue weighted by atomic mass is 9.80. The Hall–Kier alpha value is -3.34. The van der Waals surface area contributed by atoms with Crippen molar-refractivity contribution in [3.63, 3.8) is 0 Å². The molecule has 0 aliphatic carbocycles. The Morgan fingerprint density at radius 2 is 1.52 bits per heavy atom. The summed E-state index contributed by atoms with van der Waals surface area (Å²) in [7, 11) is -1.46. The number of rotatable bonds is 5. The van der Waals surface area contributed by atoms with E-state index in [9.17, 15) is 10.0 Å². The van der Waals surface area contributed by atoms with Gasteiger partial charge in [0.1, 0.15) is 0 Å². The van der Waals surface area contributed by atoms with E-state index < -0.39 is 7.12 Å². The van der Waals surface area contributed by atoms with Crippen molar-refractivity contribution >= 4 is 35.6 Å². The number of hydrogen-bond donors (Lipinski definition) is 2. The van der Waals surface area contributed by atoms with Gasteiger partial charge in [0.25, 0.3) is 0 Å². The maximum atomic E-state index is 9.34. The van der Waals surface area contributed by atoms with Crippen LogP contribution in [0.3, 0.4) is 0 Å². The van der Waals surface area contributed by atoms with Crippen LogP contribution in [-0.4, -0.2) is 21.7 Å². The molecule has 0 radical (unpaired) electrons. The van der Waals surface area contributed by atoms with E-state index in [1.807, 2.05) is 63.3 Å². The van der Waals surface area contributed by atoms with Gasteiger partial charge in [-0.1, -0.05) is 87.2 Å². The second-order valence-electron chi connectivity index (χ2n) is 6.90. The highest BCUT2D eigenvalue weighted by Gasteiger charge is 2.16. The van der Waals surface area contributed by atoms with E-state index in [0.29, 0.717) is 5.46 Å². The molecule has 0 fully saturated rings. The van der Waals surface area contributed by atoms with Gasteiger partial charge in [0.15, 0.2) is 0 Å². The standard InChI is InChI=1S/C25H22BNO2.C2H6/c1-3-8-22-23-16-13-19(18-11-14-20(15-12-18)26(28)29)17-25(23)27(24(22)4-2)21-9-6-5-7-10-21;1-2/h3-17,28-29H,2H2,1H3;1-2H3/b8-3-;. The summed E-state index contributed by atoms with van der Waals surface area (Å²) in [5.74, 6) is 0. The predicted octanol–water partition coefficient (Wildman–Crippen LogP) is 5.68. The molecule has 4 heteroatoms. The van der Waals surface area contributed by atoms with E-state index in [2.05, 4.69) is 47.6 Å². The molecule has 0 spiro atoms. The fraction of sp³-hybridized carbons (Fsp3) is 0.111. The fourth-order valence-corrected chi connectivity index (χ4v) is 3.76. The molecule has 0 saturated carbocycles. The molecular weight excluding hydrogens is 381 g/mol. The largest absolute Gasteiger partial charge is 0.488 e. The van der Waals surface area contributed by atoms with Crippen LogP contribution in [0.4, 0.5) is 0 Å². The first-order chi connectivity index (χ1) is 15.1. The first-order valence-corrected chi connectivity index (χ1v) is 10.6. The van der Waals surface area contributed by atoms with Crippen LogP contribution in [-0.2, 0) is 0 Å². The minimum Gasteiger partial charge on any atom is -0.423 e. The average molecular weight is 409 g/mol. The quantitative estimate of drug-likeness (QED) is 0.417. The summed E-state index contributed by atoms with van der Waals surface area (Å²) in [5.41, 5.74) is 6.94. The number of aromatic nitrogens is 1. The van der Waals surface area contributed by atoms with Crippen molar-refractivity contribution in [3.8, 4) is 16.8 Å². The maximum Gasteiger partial charge on any atom is 0.488 e. The molecular formula is C27H28BNO2. The lowest BCUT2D eigenvalue weighted by molar-refractivity contribution is 0.426. The van der Waals surface area contributed by atoms with Crippen molar-refractivity contribution in [1.82, 2.24) is 4.57 Å². The molecule has 156 valence electrons. The zero-order valence-electron chi connectivity index (χ0n) is 18.3. The van der Waals surface area contributed by atoms with Crippen LogP contribution in [0, 0.1) is 0 Å². The van der Waals surface area contributed by atoms with Gasteiger partial charge in [0, 0.05) is 16.6 Å². The van der Waals surface area contributed by atoms with Crippen molar-refractivity contribution < 1.29 is 10.0 Å². The molecule has 4 rings (SSSR count). The summed E-state index contributed by atoms with van der Waals surface area (Å²) in [5, 5.41) is 19.8. The normalized spacial score (nSPS) is 10.7. The van der Waals surface area contributed by atoms with E-state index in [1.54, 1.807) is 12.1 Å². The highest BCUT2D eigenvalue weighted by atomic mass is 16.4. The van der Waals surface area contributed by atoms with Gasteiger partial charge in [-0.05, 0) is 47.8 Å². The minimum atomic E-state index is -1.46. The summed E-state index contributed by atoms with van der Waals surface area (Å²) in [4.78, 5) is 0. The molecule has 0 atom stereocenters. The van der Waals surface area contributed by atoms with Gasteiger partial charge in [-0.2, -0.15) is 0 Å². The van der Waals surface area contributed by atoms with E-state index in [-0.39, 0.29) is 0 Å². The van der Waals surface area contributed by atoms with Crippen LogP contribution in [0.1, 0.15) is 32.0 Å². The maximum absolute atomic E-state index is 9.34. The highest BCUT2D eigenvalue weighted by Crippen LogP contribution is 2.34. The Morgan fingerprint density at radius 1 is 0.871 bits per heavy atom. The summed E-state index contributed by atoms with van der Waals surface area (Å²) in [6.07, 6.45) is 6.07. The molecule has 0 saturated heterocycles. The molecule has 0 aliphatic heterocycles. The van der Waals surface area contributed by atoms with Crippen LogP contribution in [0.2, 0.25) is 0 Å². The molecule has 4 aromatic rings.